The number of aromatic hydroxyl groups is 1. The van der Waals surface area contributed by atoms with Gasteiger partial charge in [-0.25, -0.2) is 0 Å². The van der Waals surface area contributed by atoms with Crippen LogP contribution in [0.2, 0.25) is 0 Å². The number of rotatable bonds is 4. The van der Waals surface area contributed by atoms with E-state index < -0.39 is 0 Å². The Labute approximate surface area is 102 Å². The lowest BCUT2D eigenvalue weighted by Crippen LogP contribution is -2.25. The van der Waals surface area contributed by atoms with Gasteiger partial charge < -0.3 is 5.11 Å². The summed E-state index contributed by atoms with van der Waals surface area (Å²) in [4.78, 5) is 0. The summed E-state index contributed by atoms with van der Waals surface area (Å²) in [6.07, 6.45) is 5.08. The molecule has 1 fully saturated rings. The minimum atomic E-state index is 0.242. The molecule has 1 aromatic carbocycles. The topological polar surface area (TPSA) is 20.2 Å². The maximum absolute atomic E-state index is 10.0. The van der Waals surface area contributed by atoms with Crippen LogP contribution in [0.5, 0.6) is 5.75 Å². The highest BCUT2D eigenvalue weighted by molar-refractivity contribution is 7.99. The van der Waals surface area contributed by atoms with Gasteiger partial charge in [-0.05, 0) is 24.7 Å². The maximum atomic E-state index is 10.0. The number of phenolic OH excluding ortho intramolecular Hbond substituents is 1. The predicted molar refractivity (Wildman–Crippen MR) is 71.3 cm³/mol. The van der Waals surface area contributed by atoms with Crippen molar-refractivity contribution in [3.05, 3.63) is 29.8 Å². The van der Waals surface area contributed by atoms with Crippen molar-refractivity contribution in [2.45, 2.75) is 38.0 Å². The third-order valence-corrected chi connectivity index (χ3v) is 4.78. The summed E-state index contributed by atoms with van der Waals surface area (Å²) in [7, 11) is 0. The number of hydrogen-bond acceptors (Lipinski definition) is 2. The van der Waals surface area contributed by atoms with Crippen LogP contribution in [0.1, 0.15) is 38.2 Å². The molecule has 0 radical (unpaired) electrons. The lowest BCUT2D eigenvalue weighted by atomic mass is 9.80. The van der Waals surface area contributed by atoms with E-state index in [0.717, 1.165) is 11.5 Å². The monoisotopic (exact) mass is 236 g/mol. The molecule has 1 nitrogen and oxygen atoms in total. The molecule has 2 rings (SSSR count). The van der Waals surface area contributed by atoms with Gasteiger partial charge in [-0.3, -0.25) is 0 Å². The van der Waals surface area contributed by atoms with Crippen molar-refractivity contribution < 1.29 is 5.11 Å². The van der Waals surface area contributed by atoms with E-state index in [2.05, 4.69) is 13.0 Å². The van der Waals surface area contributed by atoms with Gasteiger partial charge in [0.05, 0.1) is 0 Å². The third-order valence-electron chi connectivity index (χ3n) is 3.62. The molecule has 1 aliphatic carbocycles. The van der Waals surface area contributed by atoms with E-state index in [1.165, 1.54) is 31.2 Å². The minimum Gasteiger partial charge on any atom is -0.508 e. The molecule has 1 saturated carbocycles. The highest BCUT2D eigenvalue weighted by Gasteiger charge is 2.36. The molecule has 1 aliphatic rings. The van der Waals surface area contributed by atoms with Crippen LogP contribution in [0.15, 0.2) is 24.3 Å². The van der Waals surface area contributed by atoms with Gasteiger partial charge in [0.1, 0.15) is 5.75 Å². The summed E-state index contributed by atoms with van der Waals surface area (Å²) in [5.74, 6) is 2.80. The number of thioether (sulfide) groups is 1. The van der Waals surface area contributed by atoms with Crippen LogP contribution in [0.25, 0.3) is 0 Å². The molecule has 0 heterocycles. The van der Waals surface area contributed by atoms with Gasteiger partial charge in [-0.1, -0.05) is 38.0 Å². The highest BCUT2D eigenvalue weighted by atomic mass is 32.2. The first-order valence-electron chi connectivity index (χ1n) is 6.15. The normalized spacial score (nSPS) is 18.8. The average Bonchev–Trinajstić information content (AvgIpc) is 2.77. The second-order valence-corrected chi connectivity index (χ2v) is 5.92. The number of phenols is 1. The van der Waals surface area contributed by atoms with Crippen LogP contribution in [0, 0.1) is 0 Å². The van der Waals surface area contributed by atoms with Crippen LogP contribution >= 0.6 is 11.8 Å². The smallest absolute Gasteiger partial charge is 0.119 e. The number of para-hydroxylation sites is 1. The zero-order valence-electron chi connectivity index (χ0n) is 9.91. The molecular formula is C14H20OS. The molecule has 1 aromatic rings. The Kier molecular flexibility index (Phi) is 3.80. The van der Waals surface area contributed by atoms with Crippen LogP contribution in [-0.4, -0.2) is 16.6 Å². The molecule has 16 heavy (non-hydrogen) atoms. The largest absolute Gasteiger partial charge is 0.508 e. The molecule has 0 unspecified atom stereocenters. The fourth-order valence-electron chi connectivity index (χ4n) is 2.76. The second-order valence-electron chi connectivity index (χ2n) is 4.64. The molecule has 0 aromatic heterocycles. The Morgan fingerprint density at radius 3 is 2.56 bits per heavy atom. The standard InChI is InChI=1S/C14H20OS/c1-2-16-11-14(9-5-6-10-14)12-7-3-4-8-13(12)15/h3-4,7-8,15H,2,5-6,9-11H2,1H3. The zero-order chi connectivity index (χ0) is 11.4. The minimum absolute atomic E-state index is 0.242. The maximum Gasteiger partial charge on any atom is 0.119 e. The number of hydrogen-bond donors (Lipinski definition) is 1. The van der Waals surface area contributed by atoms with Gasteiger partial charge in [0.2, 0.25) is 0 Å². The van der Waals surface area contributed by atoms with Crippen molar-refractivity contribution in [1.82, 2.24) is 0 Å². The van der Waals surface area contributed by atoms with Gasteiger partial charge in [-0.15, -0.1) is 0 Å². The quantitative estimate of drug-likeness (QED) is 0.854. The summed E-state index contributed by atoms with van der Waals surface area (Å²) < 4.78 is 0. The Morgan fingerprint density at radius 1 is 1.25 bits per heavy atom. The summed E-state index contributed by atoms with van der Waals surface area (Å²) in [6, 6.07) is 7.89. The first kappa shape index (κ1) is 11.8. The van der Waals surface area contributed by atoms with E-state index in [0.29, 0.717) is 5.75 Å². The fraction of sp³-hybridized carbons (Fsp3) is 0.571. The molecule has 0 bridgehead atoms. The Balaban J connectivity index is 2.28. The Hall–Kier alpha value is -0.630. The summed E-state index contributed by atoms with van der Waals surface area (Å²) >= 11 is 2.00. The van der Waals surface area contributed by atoms with E-state index in [4.69, 9.17) is 0 Å². The first-order valence-corrected chi connectivity index (χ1v) is 7.30. The first-order chi connectivity index (χ1) is 7.78. The molecule has 2 heteroatoms. The molecule has 0 amide bonds. The van der Waals surface area contributed by atoms with E-state index >= 15 is 0 Å². The van der Waals surface area contributed by atoms with Crippen molar-refractivity contribution in [2.24, 2.45) is 0 Å². The van der Waals surface area contributed by atoms with E-state index in [-0.39, 0.29) is 5.41 Å². The summed E-state index contributed by atoms with van der Waals surface area (Å²) in [5.41, 5.74) is 1.42. The van der Waals surface area contributed by atoms with Crippen molar-refractivity contribution in [3.8, 4) is 5.75 Å². The van der Waals surface area contributed by atoms with Gasteiger partial charge in [0.25, 0.3) is 0 Å². The Morgan fingerprint density at radius 2 is 1.94 bits per heavy atom. The SMILES string of the molecule is CCSCC1(c2ccccc2O)CCCC1. The predicted octanol–water partition coefficient (Wildman–Crippen LogP) is 3.96. The van der Waals surface area contributed by atoms with Gasteiger partial charge in [0.15, 0.2) is 0 Å². The lowest BCUT2D eigenvalue weighted by Gasteiger charge is -2.29. The molecule has 1 N–H and O–H groups in total. The van der Waals surface area contributed by atoms with Gasteiger partial charge in [0, 0.05) is 16.7 Å². The van der Waals surface area contributed by atoms with E-state index in [9.17, 15) is 5.11 Å². The van der Waals surface area contributed by atoms with E-state index in [1.54, 1.807) is 0 Å². The zero-order valence-corrected chi connectivity index (χ0v) is 10.7. The van der Waals surface area contributed by atoms with Crippen LogP contribution in [0.4, 0.5) is 0 Å². The molecule has 0 aliphatic heterocycles. The summed E-state index contributed by atoms with van der Waals surface area (Å²) in [5, 5.41) is 10.0. The lowest BCUT2D eigenvalue weighted by molar-refractivity contribution is 0.427. The molecular weight excluding hydrogens is 216 g/mol. The van der Waals surface area contributed by atoms with E-state index in [1.807, 2.05) is 30.0 Å². The van der Waals surface area contributed by atoms with Crippen LogP contribution < -0.4 is 0 Å². The molecule has 88 valence electrons. The van der Waals surface area contributed by atoms with Crippen LogP contribution in [0.3, 0.4) is 0 Å². The van der Waals surface area contributed by atoms with Crippen molar-refractivity contribution in [1.29, 1.82) is 0 Å². The molecule has 0 saturated heterocycles. The third kappa shape index (κ3) is 2.22. The Bertz CT molecular complexity index is 342. The molecule has 0 atom stereocenters. The van der Waals surface area contributed by atoms with Crippen LogP contribution in [-0.2, 0) is 5.41 Å². The van der Waals surface area contributed by atoms with Crippen molar-refractivity contribution in [3.63, 3.8) is 0 Å². The number of benzene rings is 1. The van der Waals surface area contributed by atoms with Gasteiger partial charge >= 0.3 is 0 Å². The summed E-state index contributed by atoms with van der Waals surface area (Å²) in [6.45, 7) is 2.21. The van der Waals surface area contributed by atoms with Crippen molar-refractivity contribution >= 4 is 11.8 Å². The average molecular weight is 236 g/mol. The van der Waals surface area contributed by atoms with Gasteiger partial charge in [-0.2, -0.15) is 11.8 Å². The highest BCUT2D eigenvalue weighted by Crippen LogP contribution is 2.46. The second kappa shape index (κ2) is 5.13. The van der Waals surface area contributed by atoms with Crippen molar-refractivity contribution in [2.75, 3.05) is 11.5 Å². The molecule has 0 spiro atoms. The fourth-order valence-corrected chi connectivity index (χ4v) is 3.80.